The molecule has 33 heavy (non-hydrogen) atoms. The fourth-order valence-corrected chi connectivity index (χ4v) is 2.79. The highest BCUT2D eigenvalue weighted by Crippen LogP contribution is 2.26. The highest BCUT2D eigenvalue weighted by atomic mass is 35.5. The number of benzene rings is 1. The number of pyridine rings is 1. The second kappa shape index (κ2) is 8.86. The van der Waals surface area contributed by atoms with Crippen LogP contribution >= 0.6 is 11.6 Å². The summed E-state index contributed by atoms with van der Waals surface area (Å²) in [7, 11) is 1.72. The van der Waals surface area contributed by atoms with E-state index in [9.17, 15) is 13.2 Å². The van der Waals surface area contributed by atoms with Gasteiger partial charge in [-0.1, -0.05) is 22.8 Å². The molecule has 2 N–H and O–H groups in total. The largest absolute Gasteiger partial charge is 0.468 e. The van der Waals surface area contributed by atoms with Gasteiger partial charge in [-0.2, -0.15) is 33.1 Å². The average Bonchev–Trinajstić information content (AvgIpc) is 3.27. The first kappa shape index (κ1) is 22.2. The SMILES string of the molecule is CN(c1cccc(Cl)c1)c1nc(N)nc(-c2noc(-c3ccc(OCC(F)(F)F)nc3)n2)n1. The van der Waals surface area contributed by atoms with Crippen LogP contribution in [0.3, 0.4) is 0 Å². The summed E-state index contributed by atoms with van der Waals surface area (Å²) in [5.41, 5.74) is 6.90. The van der Waals surface area contributed by atoms with Crippen molar-refractivity contribution < 1.29 is 22.4 Å². The molecule has 0 aliphatic rings. The zero-order chi connectivity index (χ0) is 23.6. The maximum atomic E-state index is 12.3. The van der Waals surface area contributed by atoms with Gasteiger partial charge in [0.1, 0.15) is 0 Å². The zero-order valence-corrected chi connectivity index (χ0v) is 17.5. The summed E-state index contributed by atoms with van der Waals surface area (Å²) in [6.45, 7) is -1.45. The molecule has 3 heterocycles. The van der Waals surface area contributed by atoms with Gasteiger partial charge in [-0.15, -0.1) is 0 Å². The third-order valence-corrected chi connectivity index (χ3v) is 4.36. The predicted octanol–water partition coefficient (Wildman–Crippen LogP) is 3.93. The Morgan fingerprint density at radius 1 is 1.09 bits per heavy atom. The fourth-order valence-electron chi connectivity index (χ4n) is 2.61. The second-order valence-corrected chi connectivity index (χ2v) is 7.00. The number of aromatic nitrogens is 6. The van der Waals surface area contributed by atoms with Gasteiger partial charge in [0, 0.05) is 30.0 Å². The van der Waals surface area contributed by atoms with Gasteiger partial charge in [-0.05, 0) is 24.3 Å². The molecule has 170 valence electrons. The van der Waals surface area contributed by atoms with Crippen LogP contribution < -0.4 is 15.4 Å². The van der Waals surface area contributed by atoms with Crippen LogP contribution in [-0.2, 0) is 0 Å². The van der Waals surface area contributed by atoms with Crippen LogP contribution in [0.2, 0.25) is 5.02 Å². The van der Waals surface area contributed by atoms with Crippen LogP contribution in [0, 0.1) is 0 Å². The van der Waals surface area contributed by atoms with Crippen molar-refractivity contribution in [3.05, 3.63) is 47.6 Å². The maximum absolute atomic E-state index is 12.3. The molecule has 3 aromatic heterocycles. The lowest BCUT2D eigenvalue weighted by Crippen LogP contribution is -2.19. The highest BCUT2D eigenvalue weighted by Gasteiger charge is 2.28. The average molecular weight is 479 g/mol. The van der Waals surface area contributed by atoms with Crippen molar-refractivity contribution in [2.75, 3.05) is 24.3 Å². The van der Waals surface area contributed by atoms with Crippen LogP contribution in [0.5, 0.6) is 5.88 Å². The minimum Gasteiger partial charge on any atom is -0.468 e. The molecule has 0 unspecified atom stereocenters. The van der Waals surface area contributed by atoms with Gasteiger partial charge >= 0.3 is 6.18 Å². The molecule has 0 spiro atoms. The lowest BCUT2D eigenvalue weighted by molar-refractivity contribution is -0.154. The molecule has 0 bridgehead atoms. The third kappa shape index (κ3) is 5.44. The zero-order valence-electron chi connectivity index (χ0n) is 16.8. The van der Waals surface area contributed by atoms with E-state index in [2.05, 4.69) is 34.8 Å². The summed E-state index contributed by atoms with van der Waals surface area (Å²) >= 11 is 6.04. The first-order valence-corrected chi connectivity index (χ1v) is 9.57. The Labute approximate surface area is 189 Å². The molecule has 1 aromatic carbocycles. The number of alkyl halides is 3. The molecule has 4 aromatic rings. The van der Waals surface area contributed by atoms with Gasteiger partial charge in [0.25, 0.3) is 5.89 Å². The Morgan fingerprint density at radius 3 is 2.61 bits per heavy atom. The summed E-state index contributed by atoms with van der Waals surface area (Å²) < 4.78 is 46.5. The lowest BCUT2D eigenvalue weighted by atomic mass is 10.3. The summed E-state index contributed by atoms with van der Waals surface area (Å²) in [5, 5.41) is 4.38. The van der Waals surface area contributed by atoms with Crippen molar-refractivity contribution in [1.82, 2.24) is 30.1 Å². The summed E-state index contributed by atoms with van der Waals surface area (Å²) in [6, 6.07) is 9.73. The summed E-state index contributed by atoms with van der Waals surface area (Å²) in [4.78, 5) is 22.2. The van der Waals surface area contributed by atoms with Gasteiger partial charge in [0.15, 0.2) is 6.61 Å². The van der Waals surface area contributed by atoms with Crippen LogP contribution in [0.15, 0.2) is 47.1 Å². The van der Waals surface area contributed by atoms with Crippen molar-refractivity contribution >= 4 is 29.2 Å². The number of ether oxygens (including phenoxy) is 1. The van der Waals surface area contributed by atoms with Crippen LogP contribution in [-0.4, -0.2) is 49.9 Å². The summed E-state index contributed by atoms with van der Waals surface area (Å²) in [5.74, 6) is 0.0806. The molecule has 0 amide bonds. The standard InChI is InChI=1S/C19H14ClF3N8O2/c1-31(12-4-2-3-11(20)7-12)18-28-14(27-17(24)29-18)15-26-16(33-30-15)10-5-6-13(25-8-10)32-9-19(21,22)23/h2-8H,9H2,1H3,(H2,24,27,28,29). The Hall–Kier alpha value is -4.00. The Balaban J connectivity index is 1.56. The first-order valence-electron chi connectivity index (χ1n) is 9.19. The molecule has 10 nitrogen and oxygen atoms in total. The number of rotatable bonds is 6. The van der Waals surface area contributed by atoms with Crippen molar-refractivity contribution in [1.29, 1.82) is 0 Å². The van der Waals surface area contributed by atoms with Crippen LogP contribution in [0.25, 0.3) is 23.1 Å². The Bertz CT molecular complexity index is 1270. The Morgan fingerprint density at radius 2 is 1.91 bits per heavy atom. The minimum absolute atomic E-state index is 0.0252. The number of hydrogen-bond acceptors (Lipinski definition) is 10. The van der Waals surface area contributed by atoms with Crippen molar-refractivity contribution in [3.8, 4) is 29.0 Å². The molecule has 0 saturated carbocycles. The fraction of sp³-hybridized carbons (Fsp3) is 0.158. The number of anilines is 3. The van der Waals surface area contributed by atoms with Gasteiger partial charge in [0.2, 0.25) is 29.4 Å². The van der Waals surface area contributed by atoms with E-state index in [1.165, 1.54) is 18.3 Å². The van der Waals surface area contributed by atoms with E-state index >= 15 is 0 Å². The first-order chi connectivity index (χ1) is 15.7. The van der Waals surface area contributed by atoms with Crippen molar-refractivity contribution in [3.63, 3.8) is 0 Å². The van der Waals surface area contributed by atoms with E-state index in [0.717, 1.165) is 0 Å². The maximum Gasteiger partial charge on any atom is 0.422 e. The molecular weight excluding hydrogens is 465 g/mol. The number of hydrogen-bond donors (Lipinski definition) is 1. The number of nitrogens with two attached hydrogens (primary N) is 1. The lowest BCUT2D eigenvalue weighted by Gasteiger charge is -2.17. The van der Waals surface area contributed by atoms with Gasteiger partial charge in [-0.3, -0.25) is 0 Å². The molecule has 14 heteroatoms. The van der Waals surface area contributed by atoms with Crippen molar-refractivity contribution in [2.45, 2.75) is 6.18 Å². The highest BCUT2D eigenvalue weighted by molar-refractivity contribution is 6.30. The molecule has 4 rings (SSSR count). The van der Waals surface area contributed by atoms with E-state index in [1.807, 2.05) is 6.07 Å². The monoisotopic (exact) mass is 478 g/mol. The van der Waals surface area contributed by atoms with E-state index < -0.39 is 12.8 Å². The molecule has 0 fully saturated rings. The predicted molar refractivity (Wildman–Crippen MR) is 112 cm³/mol. The molecule has 0 aliphatic heterocycles. The van der Waals surface area contributed by atoms with Gasteiger partial charge < -0.3 is 19.9 Å². The van der Waals surface area contributed by atoms with Gasteiger partial charge in [-0.25, -0.2) is 4.98 Å². The molecule has 0 atom stereocenters. The quantitative estimate of drug-likeness (QED) is 0.435. The van der Waals surface area contributed by atoms with Crippen LogP contribution in [0.4, 0.5) is 30.8 Å². The minimum atomic E-state index is -4.46. The van der Waals surface area contributed by atoms with Crippen molar-refractivity contribution in [2.24, 2.45) is 0 Å². The van der Waals surface area contributed by atoms with Crippen LogP contribution in [0.1, 0.15) is 0 Å². The van der Waals surface area contributed by atoms with E-state index in [4.69, 9.17) is 21.9 Å². The number of nitrogen functional groups attached to an aromatic ring is 1. The van der Waals surface area contributed by atoms with E-state index in [-0.39, 0.29) is 35.3 Å². The number of halogens is 4. The Kier molecular flexibility index (Phi) is 5.96. The smallest absolute Gasteiger partial charge is 0.422 e. The number of nitrogens with zero attached hydrogens (tertiary/aromatic N) is 7. The van der Waals surface area contributed by atoms with E-state index in [0.29, 0.717) is 16.3 Å². The molecule has 0 aliphatic carbocycles. The summed E-state index contributed by atoms with van der Waals surface area (Å²) in [6.07, 6.45) is -3.23. The third-order valence-electron chi connectivity index (χ3n) is 4.13. The normalized spacial score (nSPS) is 11.4. The molecular formula is C19H14ClF3N8O2. The molecule has 0 radical (unpaired) electrons. The topological polar surface area (TPSA) is 129 Å². The van der Waals surface area contributed by atoms with Gasteiger partial charge in [0.05, 0.1) is 5.56 Å². The molecule has 0 saturated heterocycles. The van der Waals surface area contributed by atoms with E-state index in [1.54, 1.807) is 30.1 Å². The second-order valence-electron chi connectivity index (χ2n) is 6.57.